The number of amidine groups is 1. The first-order valence-corrected chi connectivity index (χ1v) is 13.9. The Morgan fingerprint density at radius 1 is 0.812 bits per heavy atom. The standard InChI is InChI=1S/C27H52N2O3/c1-2-3-4-5-6-7-8-9-10-11-12-13-14-15-16-17-20-26-28-21-23-29(26,25-27(31)32)22-18-19-24-30/h30H,2-25H2,1H3. The van der Waals surface area contributed by atoms with Crippen LogP contribution in [0.5, 0.6) is 0 Å². The van der Waals surface area contributed by atoms with Gasteiger partial charge in [-0.2, -0.15) is 0 Å². The number of nitrogens with zero attached hydrogens (tertiary/aromatic N) is 2. The molecule has 32 heavy (non-hydrogen) atoms. The van der Waals surface area contributed by atoms with E-state index in [1.54, 1.807) is 0 Å². The van der Waals surface area contributed by atoms with Gasteiger partial charge in [-0.25, -0.2) is 4.99 Å². The number of unbranched alkanes of at least 4 members (excludes halogenated alkanes) is 16. The summed E-state index contributed by atoms with van der Waals surface area (Å²) >= 11 is 0. The molecule has 0 aliphatic carbocycles. The fraction of sp³-hybridized carbons (Fsp3) is 0.926. The van der Waals surface area contributed by atoms with Crippen LogP contribution in [0.15, 0.2) is 4.99 Å². The van der Waals surface area contributed by atoms with Crippen LogP contribution in [0.2, 0.25) is 0 Å². The molecule has 0 aromatic rings. The molecule has 188 valence electrons. The van der Waals surface area contributed by atoms with Crippen molar-refractivity contribution < 1.29 is 19.5 Å². The lowest BCUT2D eigenvalue weighted by atomic mass is 10.0. The predicted octanol–water partition coefficient (Wildman–Crippen LogP) is 5.39. The van der Waals surface area contributed by atoms with Crippen LogP contribution in [0.3, 0.4) is 0 Å². The van der Waals surface area contributed by atoms with Gasteiger partial charge in [0.1, 0.15) is 13.1 Å². The second-order valence-corrected chi connectivity index (χ2v) is 9.90. The van der Waals surface area contributed by atoms with Gasteiger partial charge in [0, 0.05) is 13.0 Å². The van der Waals surface area contributed by atoms with Crippen molar-refractivity contribution in [1.82, 2.24) is 0 Å². The van der Waals surface area contributed by atoms with E-state index >= 15 is 0 Å². The second kappa shape index (κ2) is 19.5. The molecule has 0 saturated carbocycles. The number of aliphatic carboxylic acids is 1. The molecular weight excluding hydrogens is 400 g/mol. The Bertz CT molecular complexity index is 495. The van der Waals surface area contributed by atoms with Crippen LogP contribution < -0.4 is 5.11 Å². The number of carbonyl (C=O) groups is 1. The number of carboxylic acid groups (broad SMARTS) is 1. The summed E-state index contributed by atoms with van der Waals surface area (Å²) < 4.78 is 0.459. The van der Waals surface area contributed by atoms with Crippen LogP contribution in [0.4, 0.5) is 0 Å². The first-order valence-electron chi connectivity index (χ1n) is 13.9. The molecule has 1 rings (SSSR count). The van der Waals surface area contributed by atoms with Gasteiger partial charge in [0.15, 0.2) is 5.84 Å². The van der Waals surface area contributed by atoms with Gasteiger partial charge in [-0.3, -0.25) is 4.48 Å². The zero-order chi connectivity index (χ0) is 23.3. The molecule has 0 bridgehead atoms. The minimum Gasteiger partial charge on any atom is -0.544 e. The largest absolute Gasteiger partial charge is 0.544 e. The Balaban J connectivity index is 2.02. The van der Waals surface area contributed by atoms with E-state index in [1.807, 2.05) is 0 Å². The zero-order valence-electron chi connectivity index (χ0n) is 21.1. The minimum atomic E-state index is -0.990. The SMILES string of the molecule is CCCCCCCCCCCCCCCCCCC1=NCC[N+]1(CCCCO)CC(=O)[O-]. The van der Waals surface area contributed by atoms with Crippen LogP contribution in [0, 0.1) is 0 Å². The molecular formula is C27H52N2O3. The highest BCUT2D eigenvalue weighted by Crippen LogP contribution is 2.21. The topological polar surface area (TPSA) is 72.7 Å². The van der Waals surface area contributed by atoms with E-state index in [-0.39, 0.29) is 13.2 Å². The molecule has 1 aliphatic heterocycles. The van der Waals surface area contributed by atoms with Crippen molar-refractivity contribution in [3.63, 3.8) is 0 Å². The number of quaternary nitrogens is 1. The molecule has 0 aromatic heterocycles. The smallest absolute Gasteiger partial charge is 0.198 e. The lowest BCUT2D eigenvalue weighted by molar-refractivity contribution is -0.831. The number of aliphatic hydroxyl groups excluding tert-OH is 1. The summed E-state index contributed by atoms with van der Waals surface area (Å²) in [5, 5.41) is 20.4. The third kappa shape index (κ3) is 13.6. The van der Waals surface area contributed by atoms with E-state index in [1.165, 1.54) is 96.3 Å². The van der Waals surface area contributed by atoms with Crippen LogP contribution in [0.25, 0.3) is 0 Å². The number of aliphatic imine (C=N–C) groups is 1. The number of rotatable bonds is 23. The van der Waals surface area contributed by atoms with Crippen molar-refractivity contribution >= 4 is 11.8 Å². The van der Waals surface area contributed by atoms with Crippen LogP contribution in [-0.2, 0) is 4.79 Å². The van der Waals surface area contributed by atoms with Gasteiger partial charge in [-0.15, -0.1) is 0 Å². The maximum absolute atomic E-state index is 11.3. The monoisotopic (exact) mass is 452 g/mol. The molecule has 0 aromatic carbocycles. The van der Waals surface area contributed by atoms with Gasteiger partial charge >= 0.3 is 0 Å². The minimum absolute atomic E-state index is 0.0309. The maximum Gasteiger partial charge on any atom is 0.198 e. The molecule has 1 N–H and O–H groups in total. The molecule has 5 heteroatoms. The van der Waals surface area contributed by atoms with Gasteiger partial charge in [-0.05, 0) is 19.3 Å². The maximum atomic E-state index is 11.3. The molecule has 1 heterocycles. The summed E-state index contributed by atoms with van der Waals surface area (Å²) in [5.74, 6) is 0.0630. The van der Waals surface area contributed by atoms with E-state index in [0.29, 0.717) is 4.48 Å². The Morgan fingerprint density at radius 3 is 1.78 bits per heavy atom. The van der Waals surface area contributed by atoms with Gasteiger partial charge in [0.2, 0.25) is 0 Å². The van der Waals surface area contributed by atoms with Gasteiger partial charge in [0.05, 0.1) is 19.1 Å². The van der Waals surface area contributed by atoms with Crippen LogP contribution in [-0.4, -0.2) is 54.2 Å². The molecule has 0 amide bonds. The van der Waals surface area contributed by atoms with E-state index in [4.69, 9.17) is 5.11 Å². The number of carboxylic acids is 1. The molecule has 5 nitrogen and oxygen atoms in total. The summed E-state index contributed by atoms with van der Waals surface area (Å²) in [6.07, 6.45) is 24.2. The van der Waals surface area contributed by atoms with Crippen molar-refractivity contribution in [3.05, 3.63) is 0 Å². The summed E-state index contributed by atoms with van der Waals surface area (Å²) in [7, 11) is 0. The number of hydrogen-bond acceptors (Lipinski definition) is 4. The fourth-order valence-electron chi connectivity index (χ4n) is 5.06. The number of hydrogen-bond donors (Lipinski definition) is 1. The Labute approximate surface area is 198 Å². The molecule has 1 atom stereocenters. The van der Waals surface area contributed by atoms with E-state index < -0.39 is 5.97 Å². The Kier molecular flexibility index (Phi) is 17.7. The van der Waals surface area contributed by atoms with Crippen molar-refractivity contribution in [2.75, 3.05) is 32.8 Å². The van der Waals surface area contributed by atoms with Crippen LogP contribution in [0.1, 0.15) is 129 Å². The lowest BCUT2D eigenvalue weighted by Gasteiger charge is -2.35. The average Bonchev–Trinajstić information content (AvgIpc) is 3.15. The summed E-state index contributed by atoms with van der Waals surface area (Å²) in [4.78, 5) is 16.0. The third-order valence-electron chi connectivity index (χ3n) is 7.05. The average molecular weight is 453 g/mol. The van der Waals surface area contributed by atoms with Crippen molar-refractivity contribution in [2.24, 2.45) is 4.99 Å². The van der Waals surface area contributed by atoms with Crippen molar-refractivity contribution in [1.29, 1.82) is 0 Å². The summed E-state index contributed by atoms with van der Waals surface area (Å²) in [6, 6.07) is 0. The first kappa shape index (κ1) is 29.1. The normalized spacial score (nSPS) is 18.2. The highest BCUT2D eigenvalue weighted by molar-refractivity contribution is 5.79. The van der Waals surface area contributed by atoms with E-state index in [2.05, 4.69) is 11.9 Å². The molecule has 0 fully saturated rings. The second-order valence-electron chi connectivity index (χ2n) is 9.90. The fourth-order valence-corrected chi connectivity index (χ4v) is 5.06. The van der Waals surface area contributed by atoms with Gasteiger partial charge < -0.3 is 15.0 Å². The lowest BCUT2D eigenvalue weighted by Crippen LogP contribution is -2.56. The van der Waals surface area contributed by atoms with E-state index in [9.17, 15) is 9.90 Å². The number of aliphatic hydroxyl groups is 1. The number of carbonyl (C=O) groups excluding carboxylic acids is 1. The quantitative estimate of drug-likeness (QED) is 0.167. The summed E-state index contributed by atoms with van der Waals surface area (Å²) in [6.45, 7) is 4.72. The highest BCUT2D eigenvalue weighted by atomic mass is 16.4. The van der Waals surface area contributed by atoms with E-state index in [0.717, 1.165) is 51.2 Å². The van der Waals surface area contributed by atoms with Gasteiger partial charge in [0.25, 0.3) is 0 Å². The molecule has 0 saturated heterocycles. The molecule has 0 radical (unpaired) electrons. The summed E-state index contributed by atoms with van der Waals surface area (Å²) in [5.41, 5.74) is 0. The van der Waals surface area contributed by atoms with Crippen LogP contribution >= 0.6 is 0 Å². The Hall–Kier alpha value is -0.940. The molecule has 1 aliphatic rings. The van der Waals surface area contributed by atoms with Crippen molar-refractivity contribution in [3.8, 4) is 0 Å². The van der Waals surface area contributed by atoms with Crippen molar-refractivity contribution in [2.45, 2.75) is 129 Å². The molecule has 1 unspecified atom stereocenters. The highest BCUT2D eigenvalue weighted by Gasteiger charge is 2.37. The Morgan fingerprint density at radius 2 is 1.31 bits per heavy atom. The first-order chi connectivity index (χ1) is 15.6. The zero-order valence-corrected chi connectivity index (χ0v) is 21.1. The van der Waals surface area contributed by atoms with Gasteiger partial charge in [-0.1, -0.05) is 103 Å². The molecule has 0 spiro atoms. The predicted molar refractivity (Wildman–Crippen MR) is 133 cm³/mol. The third-order valence-corrected chi connectivity index (χ3v) is 7.05.